The topological polar surface area (TPSA) is 38.5 Å². The van der Waals surface area contributed by atoms with E-state index in [1.807, 2.05) is 0 Å². The van der Waals surface area contributed by atoms with Gasteiger partial charge in [0.1, 0.15) is 0 Å². The first-order chi connectivity index (χ1) is 7.31. The zero-order valence-electron chi connectivity index (χ0n) is 10.2. The first-order valence-electron chi connectivity index (χ1n) is 6.24. The van der Waals surface area contributed by atoms with Crippen LogP contribution < -0.4 is 5.73 Å². The Balaban J connectivity index is 2.28. The minimum atomic E-state index is 0.428. The Bertz CT molecular complexity index is 156. The third-order valence-electron chi connectivity index (χ3n) is 3.49. The van der Waals surface area contributed by atoms with Crippen LogP contribution in [0.1, 0.15) is 32.6 Å². The van der Waals surface area contributed by atoms with Crippen LogP contribution in [0.5, 0.6) is 0 Å². The second kappa shape index (κ2) is 7.20. The summed E-state index contributed by atoms with van der Waals surface area (Å²) in [5.41, 5.74) is 5.76. The summed E-state index contributed by atoms with van der Waals surface area (Å²) in [5, 5.41) is 0. The standard InChI is InChI=1S/C12H26N2O/c1-3-4-11-5-7-14(8-6-11)12(9-13)10-15-2/h11-12H,3-10,13H2,1-2H3. The molecule has 3 nitrogen and oxygen atoms in total. The third-order valence-corrected chi connectivity index (χ3v) is 3.49. The van der Waals surface area contributed by atoms with Gasteiger partial charge in [-0.25, -0.2) is 0 Å². The smallest absolute Gasteiger partial charge is 0.0630 e. The molecule has 1 aliphatic rings. The zero-order valence-corrected chi connectivity index (χ0v) is 10.2. The van der Waals surface area contributed by atoms with Crippen molar-refractivity contribution in [3.05, 3.63) is 0 Å². The molecule has 1 rings (SSSR count). The number of methoxy groups -OCH3 is 1. The van der Waals surface area contributed by atoms with Crippen molar-refractivity contribution in [1.29, 1.82) is 0 Å². The zero-order chi connectivity index (χ0) is 11.1. The van der Waals surface area contributed by atoms with Crippen molar-refractivity contribution in [2.24, 2.45) is 11.7 Å². The lowest BCUT2D eigenvalue weighted by Crippen LogP contribution is -2.47. The summed E-state index contributed by atoms with van der Waals surface area (Å²) in [5.74, 6) is 0.951. The van der Waals surface area contributed by atoms with Crippen LogP contribution in [0, 0.1) is 5.92 Å². The average Bonchev–Trinajstić information content (AvgIpc) is 2.28. The number of nitrogens with two attached hydrogens (primary N) is 1. The van der Waals surface area contributed by atoms with Crippen LogP contribution in [0.25, 0.3) is 0 Å². The number of piperidine rings is 1. The molecule has 2 N–H and O–H groups in total. The number of hydrogen-bond donors (Lipinski definition) is 1. The average molecular weight is 214 g/mol. The Kier molecular flexibility index (Phi) is 6.22. The quantitative estimate of drug-likeness (QED) is 0.728. The highest BCUT2D eigenvalue weighted by Crippen LogP contribution is 2.22. The minimum Gasteiger partial charge on any atom is -0.383 e. The molecule has 15 heavy (non-hydrogen) atoms. The van der Waals surface area contributed by atoms with Crippen molar-refractivity contribution < 1.29 is 4.74 Å². The highest BCUT2D eigenvalue weighted by molar-refractivity contribution is 4.78. The SMILES string of the molecule is CCCC1CCN(C(CN)COC)CC1. The Morgan fingerprint density at radius 2 is 2.07 bits per heavy atom. The molecule has 1 heterocycles. The molecule has 0 aromatic rings. The Morgan fingerprint density at radius 1 is 1.40 bits per heavy atom. The largest absolute Gasteiger partial charge is 0.383 e. The summed E-state index contributed by atoms with van der Waals surface area (Å²) >= 11 is 0. The van der Waals surface area contributed by atoms with Gasteiger partial charge in [0.25, 0.3) is 0 Å². The number of nitrogens with zero attached hydrogens (tertiary/aromatic N) is 1. The fraction of sp³-hybridized carbons (Fsp3) is 1.00. The molecule has 0 aromatic carbocycles. The minimum absolute atomic E-state index is 0.428. The van der Waals surface area contributed by atoms with Gasteiger partial charge in [-0.1, -0.05) is 19.8 Å². The van der Waals surface area contributed by atoms with Gasteiger partial charge >= 0.3 is 0 Å². The van der Waals surface area contributed by atoms with Gasteiger partial charge in [0.2, 0.25) is 0 Å². The number of rotatable bonds is 6. The van der Waals surface area contributed by atoms with E-state index in [-0.39, 0.29) is 0 Å². The van der Waals surface area contributed by atoms with Gasteiger partial charge in [-0.05, 0) is 31.8 Å². The van der Waals surface area contributed by atoms with Crippen LogP contribution in [0.2, 0.25) is 0 Å². The lowest BCUT2D eigenvalue weighted by Gasteiger charge is -2.36. The third kappa shape index (κ3) is 4.09. The first kappa shape index (κ1) is 12.9. The van der Waals surface area contributed by atoms with Crippen LogP contribution in [0.4, 0.5) is 0 Å². The van der Waals surface area contributed by atoms with Crippen molar-refractivity contribution in [1.82, 2.24) is 4.90 Å². The maximum absolute atomic E-state index is 5.76. The summed E-state index contributed by atoms with van der Waals surface area (Å²) in [4.78, 5) is 2.50. The van der Waals surface area contributed by atoms with Crippen molar-refractivity contribution in [2.45, 2.75) is 38.6 Å². The summed E-state index contributed by atoms with van der Waals surface area (Å²) < 4.78 is 5.20. The molecule has 0 radical (unpaired) electrons. The Hall–Kier alpha value is -0.120. The number of likely N-dealkylation sites (tertiary alicyclic amines) is 1. The van der Waals surface area contributed by atoms with E-state index in [0.717, 1.165) is 12.5 Å². The first-order valence-corrected chi connectivity index (χ1v) is 6.24. The van der Waals surface area contributed by atoms with E-state index in [4.69, 9.17) is 10.5 Å². The summed E-state index contributed by atoms with van der Waals surface area (Å²) in [7, 11) is 1.76. The second-order valence-corrected chi connectivity index (χ2v) is 4.61. The Morgan fingerprint density at radius 3 is 2.53 bits per heavy atom. The predicted octanol–water partition coefficient (Wildman–Crippen LogP) is 1.47. The molecule has 1 atom stereocenters. The van der Waals surface area contributed by atoms with E-state index in [2.05, 4.69) is 11.8 Å². The fourth-order valence-electron chi connectivity index (χ4n) is 2.53. The van der Waals surface area contributed by atoms with E-state index >= 15 is 0 Å². The highest BCUT2D eigenvalue weighted by atomic mass is 16.5. The van der Waals surface area contributed by atoms with Gasteiger partial charge in [-0.3, -0.25) is 4.90 Å². The van der Waals surface area contributed by atoms with E-state index in [1.165, 1.54) is 38.8 Å². The Labute approximate surface area is 94.0 Å². The summed E-state index contributed by atoms with van der Waals surface area (Å²) in [6.45, 7) is 6.17. The molecule has 0 aromatic heterocycles. The van der Waals surface area contributed by atoms with Gasteiger partial charge in [0.15, 0.2) is 0 Å². The number of ether oxygens (including phenoxy) is 1. The molecule has 0 spiro atoms. The molecule has 1 fully saturated rings. The molecule has 3 heteroatoms. The molecule has 0 aliphatic carbocycles. The molecule has 1 aliphatic heterocycles. The van der Waals surface area contributed by atoms with Crippen molar-refractivity contribution in [3.63, 3.8) is 0 Å². The fourth-order valence-corrected chi connectivity index (χ4v) is 2.53. The lowest BCUT2D eigenvalue weighted by atomic mass is 9.92. The molecule has 1 unspecified atom stereocenters. The lowest BCUT2D eigenvalue weighted by molar-refractivity contribution is 0.0674. The van der Waals surface area contributed by atoms with Gasteiger partial charge in [0.05, 0.1) is 6.61 Å². The van der Waals surface area contributed by atoms with Crippen LogP contribution in [0.15, 0.2) is 0 Å². The van der Waals surface area contributed by atoms with Crippen molar-refractivity contribution in [2.75, 3.05) is 33.4 Å². The second-order valence-electron chi connectivity index (χ2n) is 4.61. The van der Waals surface area contributed by atoms with Crippen LogP contribution >= 0.6 is 0 Å². The van der Waals surface area contributed by atoms with Gasteiger partial charge in [-0.15, -0.1) is 0 Å². The molecule has 90 valence electrons. The maximum atomic E-state index is 5.76. The number of hydrogen-bond acceptors (Lipinski definition) is 3. The molecule has 0 bridgehead atoms. The van der Waals surface area contributed by atoms with E-state index in [0.29, 0.717) is 12.6 Å². The predicted molar refractivity (Wildman–Crippen MR) is 63.9 cm³/mol. The van der Waals surface area contributed by atoms with Crippen LogP contribution in [-0.2, 0) is 4.74 Å². The normalized spacial score (nSPS) is 21.8. The van der Waals surface area contributed by atoms with E-state index in [9.17, 15) is 0 Å². The summed E-state index contributed by atoms with van der Waals surface area (Å²) in [6.07, 6.45) is 5.40. The van der Waals surface area contributed by atoms with Crippen LogP contribution in [-0.4, -0.2) is 44.3 Å². The summed E-state index contributed by atoms with van der Waals surface area (Å²) in [6, 6.07) is 0.428. The van der Waals surface area contributed by atoms with E-state index < -0.39 is 0 Å². The van der Waals surface area contributed by atoms with Gasteiger partial charge in [-0.2, -0.15) is 0 Å². The van der Waals surface area contributed by atoms with E-state index in [1.54, 1.807) is 7.11 Å². The monoisotopic (exact) mass is 214 g/mol. The maximum Gasteiger partial charge on any atom is 0.0630 e. The van der Waals surface area contributed by atoms with Crippen LogP contribution in [0.3, 0.4) is 0 Å². The van der Waals surface area contributed by atoms with Crippen molar-refractivity contribution >= 4 is 0 Å². The van der Waals surface area contributed by atoms with Gasteiger partial charge < -0.3 is 10.5 Å². The van der Waals surface area contributed by atoms with Gasteiger partial charge in [0, 0.05) is 19.7 Å². The van der Waals surface area contributed by atoms with Crippen molar-refractivity contribution in [3.8, 4) is 0 Å². The molecule has 0 amide bonds. The molecular formula is C12H26N2O. The molecular weight excluding hydrogens is 188 g/mol. The molecule has 0 saturated carbocycles. The highest BCUT2D eigenvalue weighted by Gasteiger charge is 2.23. The molecule has 1 saturated heterocycles.